The van der Waals surface area contributed by atoms with Gasteiger partial charge in [0.15, 0.2) is 0 Å². The van der Waals surface area contributed by atoms with Crippen LogP contribution in [0.4, 0.5) is 0 Å². The maximum absolute atomic E-state index is 11.6. The van der Waals surface area contributed by atoms with Crippen molar-refractivity contribution in [2.45, 2.75) is 39.2 Å². The molecule has 0 amide bonds. The van der Waals surface area contributed by atoms with Crippen LogP contribution in [-0.4, -0.2) is 47.7 Å². The van der Waals surface area contributed by atoms with Crippen LogP contribution in [0.25, 0.3) is 0 Å². The third-order valence-corrected chi connectivity index (χ3v) is 4.07. The van der Waals surface area contributed by atoms with Crippen LogP contribution in [0.1, 0.15) is 32.8 Å². The maximum atomic E-state index is 11.6. The second-order valence-electron chi connectivity index (χ2n) is 5.58. The van der Waals surface area contributed by atoms with Crippen molar-refractivity contribution in [3.63, 3.8) is 0 Å². The Bertz CT molecular complexity index is 418. The average Bonchev–Trinajstić information content (AvgIpc) is 2.50. The van der Waals surface area contributed by atoms with Crippen LogP contribution in [0.2, 0.25) is 0 Å². The normalized spacial score (nSPS) is 14.1. The fourth-order valence-electron chi connectivity index (χ4n) is 2.34. The zero-order valence-corrected chi connectivity index (χ0v) is 13.4. The van der Waals surface area contributed by atoms with Crippen molar-refractivity contribution in [2.75, 3.05) is 26.2 Å². The molecule has 0 aliphatic rings. The first-order valence-electron chi connectivity index (χ1n) is 7.76. The van der Waals surface area contributed by atoms with Crippen molar-refractivity contribution in [3.05, 3.63) is 35.9 Å². The van der Waals surface area contributed by atoms with Gasteiger partial charge in [0.2, 0.25) is 0 Å². The minimum atomic E-state index is -0.872. The Morgan fingerprint density at radius 2 is 1.86 bits per heavy atom. The summed E-state index contributed by atoms with van der Waals surface area (Å²) in [6.45, 7) is 9.57. The highest BCUT2D eigenvalue weighted by molar-refractivity contribution is 5.78. The van der Waals surface area contributed by atoms with Crippen LogP contribution in [0.15, 0.2) is 30.3 Å². The standard InChI is InChI=1S/C17H28N2O2/c1-4-19(5-2)14-13-18-17(3,16(20)21)12-11-15-9-7-6-8-10-15/h6-10,18H,4-5,11-14H2,1-3H3,(H,20,21). The first-order chi connectivity index (χ1) is 10.0. The minimum Gasteiger partial charge on any atom is -0.480 e. The molecule has 0 spiro atoms. The van der Waals surface area contributed by atoms with Crippen LogP contribution in [0.5, 0.6) is 0 Å². The van der Waals surface area contributed by atoms with Crippen LogP contribution in [0.3, 0.4) is 0 Å². The topological polar surface area (TPSA) is 52.6 Å². The smallest absolute Gasteiger partial charge is 0.323 e. The maximum Gasteiger partial charge on any atom is 0.323 e. The number of rotatable bonds is 10. The monoisotopic (exact) mass is 292 g/mol. The van der Waals surface area contributed by atoms with E-state index >= 15 is 0 Å². The number of nitrogens with zero attached hydrogens (tertiary/aromatic N) is 1. The molecule has 4 nitrogen and oxygen atoms in total. The van der Waals surface area contributed by atoms with Gasteiger partial charge in [0.05, 0.1) is 0 Å². The lowest BCUT2D eigenvalue weighted by molar-refractivity contribution is -0.144. The molecule has 0 saturated carbocycles. The molecule has 0 aliphatic heterocycles. The van der Waals surface area contributed by atoms with Crippen molar-refractivity contribution in [1.29, 1.82) is 0 Å². The molecule has 0 heterocycles. The van der Waals surface area contributed by atoms with E-state index in [0.29, 0.717) is 13.0 Å². The Morgan fingerprint density at radius 3 is 2.38 bits per heavy atom. The van der Waals surface area contributed by atoms with Gasteiger partial charge in [-0.2, -0.15) is 0 Å². The van der Waals surface area contributed by atoms with Crippen molar-refractivity contribution in [2.24, 2.45) is 0 Å². The van der Waals surface area contributed by atoms with Crippen LogP contribution in [0, 0.1) is 0 Å². The molecule has 118 valence electrons. The quantitative estimate of drug-likeness (QED) is 0.695. The molecular formula is C17H28N2O2. The van der Waals surface area contributed by atoms with Crippen molar-refractivity contribution >= 4 is 5.97 Å². The molecule has 0 bridgehead atoms. The highest BCUT2D eigenvalue weighted by Gasteiger charge is 2.31. The van der Waals surface area contributed by atoms with Gasteiger partial charge in [0.1, 0.15) is 5.54 Å². The van der Waals surface area contributed by atoms with Gasteiger partial charge in [-0.25, -0.2) is 0 Å². The molecular weight excluding hydrogens is 264 g/mol. The Kier molecular flexibility index (Phi) is 7.40. The SMILES string of the molecule is CCN(CC)CCNC(C)(CCc1ccccc1)C(=O)O. The molecule has 1 aromatic rings. The lowest BCUT2D eigenvalue weighted by Crippen LogP contribution is -2.52. The van der Waals surface area contributed by atoms with E-state index in [4.69, 9.17) is 0 Å². The van der Waals surface area contributed by atoms with Gasteiger partial charge in [-0.1, -0.05) is 44.2 Å². The van der Waals surface area contributed by atoms with Gasteiger partial charge in [-0.15, -0.1) is 0 Å². The summed E-state index contributed by atoms with van der Waals surface area (Å²) in [5.74, 6) is -0.780. The minimum absolute atomic E-state index is 0.588. The van der Waals surface area contributed by atoms with Crippen LogP contribution in [-0.2, 0) is 11.2 Å². The summed E-state index contributed by atoms with van der Waals surface area (Å²) in [6, 6.07) is 10.0. The van der Waals surface area contributed by atoms with Gasteiger partial charge in [-0.3, -0.25) is 4.79 Å². The lowest BCUT2D eigenvalue weighted by Gasteiger charge is -2.28. The highest BCUT2D eigenvalue weighted by atomic mass is 16.4. The number of carbonyl (C=O) groups is 1. The number of aliphatic carboxylic acids is 1. The van der Waals surface area contributed by atoms with E-state index < -0.39 is 11.5 Å². The van der Waals surface area contributed by atoms with E-state index in [2.05, 4.69) is 24.1 Å². The predicted octanol–water partition coefficient (Wildman–Crippen LogP) is 2.39. The van der Waals surface area contributed by atoms with E-state index in [0.717, 1.165) is 26.1 Å². The summed E-state index contributed by atoms with van der Waals surface area (Å²) in [4.78, 5) is 13.9. The third-order valence-electron chi connectivity index (χ3n) is 4.07. The van der Waals surface area contributed by atoms with Gasteiger partial charge in [0, 0.05) is 13.1 Å². The van der Waals surface area contributed by atoms with E-state index in [1.54, 1.807) is 6.92 Å². The summed E-state index contributed by atoms with van der Waals surface area (Å²) < 4.78 is 0. The van der Waals surface area contributed by atoms with Gasteiger partial charge >= 0.3 is 5.97 Å². The molecule has 4 heteroatoms. The van der Waals surface area contributed by atoms with Crippen LogP contribution >= 0.6 is 0 Å². The van der Waals surface area contributed by atoms with E-state index in [1.807, 2.05) is 30.3 Å². The highest BCUT2D eigenvalue weighted by Crippen LogP contribution is 2.14. The lowest BCUT2D eigenvalue weighted by atomic mass is 9.93. The Hall–Kier alpha value is -1.39. The number of carboxylic acids is 1. The summed E-state index contributed by atoms with van der Waals surface area (Å²) in [7, 11) is 0. The van der Waals surface area contributed by atoms with Crippen molar-refractivity contribution in [1.82, 2.24) is 10.2 Å². The van der Waals surface area contributed by atoms with Crippen molar-refractivity contribution < 1.29 is 9.90 Å². The zero-order valence-electron chi connectivity index (χ0n) is 13.4. The van der Waals surface area contributed by atoms with Crippen molar-refractivity contribution in [3.8, 4) is 0 Å². The number of hydrogen-bond acceptors (Lipinski definition) is 3. The van der Waals surface area contributed by atoms with Gasteiger partial charge < -0.3 is 15.3 Å². The molecule has 1 atom stereocenters. The molecule has 21 heavy (non-hydrogen) atoms. The number of benzene rings is 1. The van der Waals surface area contributed by atoms with E-state index in [-0.39, 0.29) is 0 Å². The summed E-state index contributed by atoms with van der Waals surface area (Å²) in [5, 5.41) is 12.7. The third kappa shape index (κ3) is 5.86. The van der Waals surface area contributed by atoms with Gasteiger partial charge in [-0.05, 0) is 38.4 Å². The summed E-state index contributed by atoms with van der Waals surface area (Å²) in [6.07, 6.45) is 1.35. The molecule has 0 radical (unpaired) electrons. The fraction of sp³-hybridized carbons (Fsp3) is 0.588. The summed E-state index contributed by atoms with van der Waals surface area (Å²) >= 11 is 0. The first kappa shape index (κ1) is 17.7. The molecule has 1 unspecified atom stereocenters. The van der Waals surface area contributed by atoms with Crippen LogP contribution < -0.4 is 5.32 Å². The number of carboxylic acid groups (broad SMARTS) is 1. The molecule has 0 aliphatic carbocycles. The molecule has 1 aromatic carbocycles. The average molecular weight is 292 g/mol. The van der Waals surface area contributed by atoms with E-state index in [1.165, 1.54) is 5.56 Å². The first-order valence-corrected chi connectivity index (χ1v) is 7.76. The molecule has 0 fully saturated rings. The zero-order chi connectivity index (χ0) is 15.7. The Labute approximate surface area is 128 Å². The van der Waals surface area contributed by atoms with Gasteiger partial charge in [0.25, 0.3) is 0 Å². The second kappa shape index (κ2) is 8.80. The Morgan fingerprint density at radius 1 is 1.24 bits per heavy atom. The number of hydrogen-bond donors (Lipinski definition) is 2. The molecule has 0 aromatic heterocycles. The van der Waals surface area contributed by atoms with E-state index in [9.17, 15) is 9.90 Å². The molecule has 2 N–H and O–H groups in total. The number of aryl methyl sites for hydroxylation is 1. The fourth-order valence-corrected chi connectivity index (χ4v) is 2.34. The predicted molar refractivity (Wildman–Crippen MR) is 86.6 cm³/mol. The second-order valence-corrected chi connectivity index (χ2v) is 5.58. The molecule has 0 saturated heterocycles. The number of nitrogens with one attached hydrogen (secondary N) is 1. The summed E-state index contributed by atoms with van der Waals surface area (Å²) in [5.41, 5.74) is 0.304. The number of likely N-dealkylation sites (N-methyl/N-ethyl adjacent to an activating group) is 1. The Balaban J connectivity index is 2.51. The largest absolute Gasteiger partial charge is 0.480 e. The molecule has 1 rings (SSSR count).